The van der Waals surface area contributed by atoms with Gasteiger partial charge in [-0.1, -0.05) is 79.2 Å². The number of anilines is 3. The van der Waals surface area contributed by atoms with E-state index in [1.807, 2.05) is 30.4 Å². The van der Waals surface area contributed by atoms with Crippen LogP contribution in [0.5, 0.6) is 0 Å². The lowest BCUT2D eigenvalue weighted by molar-refractivity contribution is 0.496. The standard InChI is InChI=1S/C38H22N8O4S5/c47-28-25(15-4-2-1-3-5-15)29(54)30(55(48,49)50)27-26(28)37-45-36-24-14-18(53)7-10-20(24)32(42-36)41-34-22-12-16(51)6-9-19(22)31(39-34)40-35-23-13-17(52)8-11-21(23)33(43-35)44-38(27)46-37/h1-13,42,45,47H,14H2,(H,39,41)(H,40,43)(H,44,46)(H,48,49,50). The van der Waals surface area contributed by atoms with Crippen molar-refractivity contribution >= 4 is 142 Å². The summed E-state index contributed by atoms with van der Waals surface area (Å²) in [5.41, 5.74) is 4.54. The summed E-state index contributed by atoms with van der Waals surface area (Å²) in [7, 11) is -5.02. The van der Waals surface area contributed by atoms with Gasteiger partial charge in [-0.05, 0) is 54.2 Å². The number of aromatic nitrogens is 3. The first-order valence-corrected chi connectivity index (χ1v) is 19.7. The molecule has 17 heteroatoms. The molecule has 10 rings (SSSR count). The van der Waals surface area contributed by atoms with E-state index in [1.165, 1.54) is 0 Å². The Kier molecular flexibility index (Phi) is 7.41. The van der Waals surface area contributed by atoms with Crippen LogP contribution in [-0.4, -0.2) is 58.3 Å². The highest BCUT2D eigenvalue weighted by molar-refractivity contribution is 7.99. The summed E-state index contributed by atoms with van der Waals surface area (Å²) in [6, 6.07) is 8.61. The fourth-order valence-corrected chi connectivity index (χ4v) is 9.38. The lowest BCUT2D eigenvalue weighted by Gasteiger charge is -2.19. The molecule has 4 aromatic rings. The minimum atomic E-state index is -5.02. The van der Waals surface area contributed by atoms with Crippen LogP contribution >= 0.6 is 48.9 Å². The molecule has 12 nitrogen and oxygen atoms in total. The molecular formula is C38H22N8O4S5. The molecule has 5 heterocycles. The number of aliphatic hydroxyl groups excluding tert-OH is 1. The molecule has 0 unspecified atom stereocenters. The van der Waals surface area contributed by atoms with Crippen LogP contribution in [0.15, 0.2) is 92.7 Å². The van der Waals surface area contributed by atoms with Crippen LogP contribution in [0.2, 0.25) is 0 Å². The highest BCUT2D eigenvalue weighted by Crippen LogP contribution is 2.39. The van der Waals surface area contributed by atoms with E-state index in [9.17, 15) is 18.1 Å². The number of hydrogen-bond donors (Lipinski definition) is 7. The molecule has 0 saturated carbocycles. The van der Waals surface area contributed by atoms with E-state index in [4.69, 9.17) is 63.8 Å². The number of nitrogens with zero attached hydrogens (tertiary/aromatic N) is 3. The summed E-state index contributed by atoms with van der Waals surface area (Å²) in [4.78, 5) is 25.8. The summed E-state index contributed by atoms with van der Waals surface area (Å²) < 4.78 is 37.6. The van der Waals surface area contributed by atoms with E-state index in [0.717, 1.165) is 21.9 Å². The molecule has 1 aromatic carbocycles. The number of nitrogens with one attached hydrogen (secondary N) is 5. The van der Waals surface area contributed by atoms with E-state index in [-0.39, 0.29) is 44.1 Å². The Balaban J connectivity index is 1.35. The number of thiocarbonyl (C=S) groups is 4. The van der Waals surface area contributed by atoms with Gasteiger partial charge in [0.05, 0.1) is 15.6 Å². The van der Waals surface area contributed by atoms with Crippen molar-refractivity contribution in [3.8, 4) is 0 Å². The number of hydrogen-bond acceptors (Lipinski definition) is 12. The normalized spacial score (nSPS) is 18.0. The van der Waals surface area contributed by atoms with Gasteiger partial charge in [-0.15, -0.1) is 0 Å². The minimum absolute atomic E-state index is 0.0125. The van der Waals surface area contributed by atoms with Crippen molar-refractivity contribution in [2.75, 3.05) is 10.6 Å². The summed E-state index contributed by atoms with van der Waals surface area (Å²) in [5, 5.41) is 19.6. The molecule has 55 heavy (non-hydrogen) atoms. The van der Waals surface area contributed by atoms with Gasteiger partial charge in [-0.2, -0.15) is 8.42 Å². The summed E-state index contributed by atoms with van der Waals surface area (Å²) in [5.74, 6) is 1.96. The molecule has 268 valence electrons. The average molecular weight is 815 g/mol. The lowest BCUT2D eigenvalue weighted by Crippen LogP contribution is -2.36. The molecular weight excluding hydrogens is 793 g/mol. The second-order valence-corrected chi connectivity index (χ2v) is 16.3. The molecule has 3 aromatic heterocycles. The maximum absolute atomic E-state index is 13.4. The lowest BCUT2D eigenvalue weighted by atomic mass is 9.93. The Morgan fingerprint density at radius 2 is 1.49 bits per heavy atom. The van der Waals surface area contributed by atoms with Gasteiger partial charge in [-0.25, -0.2) is 15.0 Å². The summed E-state index contributed by atoms with van der Waals surface area (Å²) >= 11 is 22.5. The van der Waals surface area contributed by atoms with E-state index < -0.39 is 15.0 Å². The van der Waals surface area contributed by atoms with Crippen molar-refractivity contribution in [1.29, 1.82) is 0 Å². The first kappa shape index (κ1) is 33.7. The summed E-state index contributed by atoms with van der Waals surface area (Å²) in [6.45, 7) is 0. The molecule has 6 aliphatic rings. The van der Waals surface area contributed by atoms with E-state index in [2.05, 4.69) is 25.6 Å². The van der Waals surface area contributed by atoms with Crippen molar-refractivity contribution in [3.05, 3.63) is 127 Å². The molecule has 0 amide bonds. The first-order valence-electron chi connectivity index (χ1n) is 16.6. The number of allylic oxidation sites excluding steroid dienone is 6. The quantitative estimate of drug-likeness (QED) is 0.109. The Morgan fingerprint density at radius 3 is 2.29 bits per heavy atom. The SMILES string of the molecule is O=S(=O)(O)C1=c2c(c3[nH]c2=NC2=C4C=CC(=S)C=C4C(=N2)Nc2[nH]c(c4c2C=CC(=S)C=4)=Nc2[nH]c(c4c2C=CC(=S)C4)N3)C(O)=C(c2ccccc2)C1=S. The molecule has 2 aliphatic heterocycles. The zero-order valence-electron chi connectivity index (χ0n) is 27.8. The Labute approximate surface area is 332 Å². The van der Waals surface area contributed by atoms with Crippen LogP contribution in [0, 0.1) is 0 Å². The number of aliphatic imine (C=N–C) groups is 1. The molecule has 8 bridgehead atoms. The zero-order valence-corrected chi connectivity index (χ0v) is 31.9. The van der Waals surface area contributed by atoms with E-state index in [1.54, 1.807) is 48.6 Å². The van der Waals surface area contributed by atoms with Gasteiger partial charge in [0.2, 0.25) is 0 Å². The van der Waals surface area contributed by atoms with Gasteiger partial charge in [0.15, 0.2) is 5.82 Å². The van der Waals surface area contributed by atoms with Gasteiger partial charge < -0.3 is 30.7 Å². The summed E-state index contributed by atoms with van der Waals surface area (Å²) in [6.07, 6.45) is 15.0. The minimum Gasteiger partial charge on any atom is -0.506 e. The number of rotatable bonds is 2. The number of benzene rings is 1. The molecule has 0 radical (unpaired) electrons. The van der Waals surface area contributed by atoms with Crippen molar-refractivity contribution < 1.29 is 18.1 Å². The van der Waals surface area contributed by atoms with Crippen LogP contribution < -0.4 is 32.0 Å². The van der Waals surface area contributed by atoms with Crippen LogP contribution in [0.25, 0.3) is 34.5 Å². The fourth-order valence-electron chi connectivity index (χ4n) is 7.37. The smallest absolute Gasteiger partial charge is 0.296 e. The maximum atomic E-state index is 13.4. The topological polar surface area (TPSA) is 183 Å². The average Bonchev–Trinajstić information content (AvgIpc) is 3.86. The van der Waals surface area contributed by atoms with Crippen LogP contribution in [0.1, 0.15) is 27.8 Å². The predicted octanol–water partition coefficient (Wildman–Crippen LogP) is 4.82. The van der Waals surface area contributed by atoms with Gasteiger partial charge in [0.25, 0.3) is 10.1 Å². The van der Waals surface area contributed by atoms with Gasteiger partial charge in [0, 0.05) is 59.6 Å². The fraction of sp³-hybridized carbons (Fsp3) is 0.0263. The van der Waals surface area contributed by atoms with Crippen molar-refractivity contribution in [3.63, 3.8) is 0 Å². The van der Waals surface area contributed by atoms with Crippen molar-refractivity contribution in [2.24, 2.45) is 15.0 Å². The molecule has 0 atom stereocenters. The molecule has 0 saturated heterocycles. The second kappa shape index (κ2) is 12.1. The number of aromatic amines is 3. The monoisotopic (exact) mass is 814 g/mol. The van der Waals surface area contributed by atoms with Crippen LogP contribution in [0.3, 0.4) is 0 Å². The van der Waals surface area contributed by atoms with E-state index >= 15 is 0 Å². The largest absolute Gasteiger partial charge is 0.506 e. The zero-order chi connectivity index (χ0) is 37.9. The highest BCUT2D eigenvalue weighted by Gasteiger charge is 2.36. The molecule has 4 aliphatic carbocycles. The predicted molar refractivity (Wildman–Crippen MR) is 230 cm³/mol. The third kappa shape index (κ3) is 5.30. The number of amidine groups is 1. The van der Waals surface area contributed by atoms with Gasteiger partial charge in [-0.3, -0.25) is 4.55 Å². The van der Waals surface area contributed by atoms with Crippen LogP contribution in [-0.2, 0) is 16.5 Å². The second-order valence-electron chi connectivity index (χ2n) is 13.1. The van der Waals surface area contributed by atoms with Gasteiger partial charge in [0.1, 0.15) is 50.7 Å². The highest BCUT2D eigenvalue weighted by atomic mass is 32.2. The molecule has 7 N–H and O–H groups in total. The van der Waals surface area contributed by atoms with Crippen molar-refractivity contribution in [1.82, 2.24) is 15.0 Å². The molecule has 0 spiro atoms. The Hall–Kier alpha value is -5.82. The number of aliphatic hydroxyl groups is 1. The number of H-pyrrole nitrogens is 3. The van der Waals surface area contributed by atoms with Crippen LogP contribution in [0.4, 0.5) is 23.3 Å². The molecule has 0 fully saturated rings. The third-order valence-electron chi connectivity index (χ3n) is 9.75. The van der Waals surface area contributed by atoms with E-state index in [0.29, 0.717) is 66.5 Å². The van der Waals surface area contributed by atoms with Gasteiger partial charge >= 0.3 is 0 Å². The maximum Gasteiger partial charge on any atom is 0.296 e. The van der Waals surface area contributed by atoms with Crippen molar-refractivity contribution in [2.45, 2.75) is 6.42 Å². The Morgan fingerprint density at radius 1 is 0.745 bits per heavy atom. The Bertz CT molecular complexity index is 3220. The first-order chi connectivity index (χ1) is 26.4. The third-order valence-corrected chi connectivity index (χ3v) is 12.0. The number of fused-ring (bicyclic) bond motifs is 18.